The van der Waals surface area contributed by atoms with Crippen LogP contribution in [0.2, 0.25) is 0 Å². The van der Waals surface area contributed by atoms with Gasteiger partial charge in [0.25, 0.3) is 0 Å². The Balaban J connectivity index is 1.28. The average molecular weight is 692 g/mol. The van der Waals surface area contributed by atoms with E-state index in [1.165, 1.54) is 33.0 Å². The Kier molecular flexibility index (Phi) is 7.14. The summed E-state index contributed by atoms with van der Waals surface area (Å²) in [6.07, 6.45) is 0. The summed E-state index contributed by atoms with van der Waals surface area (Å²) in [4.78, 5) is 19.1. The Morgan fingerprint density at radius 2 is 1.07 bits per heavy atom. The van der Waals surface area contributed by atoms with Crippen molar-refractivity contribution >= 4 is 27.5 Å². The SMILES string of the molecule is [C-]#[N+]c1ccccc1-c1cc(-c2nc(-c3ccccc3)nc(-c3ccccc3)n2)cc(-n2c3ccccc3c3c4c(ccc32)-c2ccccc2C4(C)C)c1. The maximum atomic E-state index is 8.06. The Morgan fingerprint density at radius 3 is 1.78 bits per heavy atom. The molecule has 0 bridgehead atoms. The fraction of sp³-hybridized carbons (Fsp3) is 0.0612. The van der Waals surface area contributed by atoms with Crippen molar-refractivity contribution in [2.75, 3.05) is 0 Å². The quantitative estimate of drug-likeness (QED) is 0.169. The minimum absolute atomic E-state index is 0.186. The molecule has 0 N–H and O–H groups in total. The monoisotopic (exact) mass is 691 g/mol. The number of hydrogen-bond donors (Lipinski definition) is 0. The van der Waals surface area contributed by atoms with Crippen LogP contribution in [0, 0.1) is 6.57 Å². The lowest BCUT2D eigenvalue weighted by Crippen LogP contribution is -2.15. The predicted molar refractivity (Wildman–Crippen MR) is 220 cm³/mol. The van der Waals surface area contributed by atoms with Crippen LogP contribution < -0.4 is 0 Å². The summed E-state index contributed by atoms with van der Waals surface area (Å²) in [7, 11) is 0. The second-order valence-electron chi connectivity index (χ2n) is 14.3. The first-order chi connectivity index (χ1) is 26.5. The van der Waals surface area contributed by atoms with E-state index in [9.17, 15) is 0 Å². The number of benzene rings is 7. The topological polar surface area (TPSA) is 48.0 Å². The number of rotatable bonds is 5. The first kappa shape index (κ1) is 31.6. The standard InChI is InChI=1S/C49H33N5/c1-49(2)40-23-13-10-21-37(40)38-26-27-43-44(45(38)49)39-22-12-15-25-42(39)54(43)35-29-33(36-20-11-14-24-41(36)50-3)28-34(30-35)48-52-46(31-16-6-4-7-17-31)51-47(53-48)32-18-8-5-9-19-32/h4-30H,1-2H3. The molecule has 5 nitrogen and oxygen atoms in total. The van der Waals surface area contributed by atoms with Gasteiger partial charge in [0.05, 0.1) is 17.6 Å². The van der Waals surface area contributed by atoms with Crippen LogP contribution in [0.4, 0.5) is 5.69 Å². The number of nitrogens with zero attached hydrogens (tertiary/aromatic N) is 5. The Bertz CT molecular complexity index is 2910. The molecule has 10 rings (SSSR count). The molecule has 254 valence electrons. The summed E-state index contributed by atoms with van der Waals surface area (Å²) >= 11 is 0. The van der Waals surface area contributed by atoms with Gasteiger partial charge in [0.15, 0.2) is 23.2 Å². The van der Waals surface area contributed by atoms with Crippen LogP contribution >= 0.6 is 0 Å². The van der Waals surface area contributed by atoms with E-state index < -0.39 is 0 Å². The van der Waals surface area contributed by atoms with E-state index in [0.29, 0.717) is 23.2 Å². The molecule has 9 aromatic rings. The molecule has 1 aliphatic carbocycles. The molecule has 2 aromatic heterocycles. The minimum Gasteiger partial charge on any atom is -0.309 e. The Hall–Kier alpha value is -7.16. The molecule has 7 aromatic carbocycles. The van der Waals surface area contributed by atoms with Crippen molar-refractivity contribution in [2.24, 2.45) is 0 Å². The van der Waals surface area contributed by atoms with Crippen LogP contribution in [-0.2, 0) is 5.41 Å². The van der Waals surface area contributed by atoms with Crippen LogP contribution in [0.1, 0.15) is 25.0 Å². The molecule has 2 heterocycles. The molecule has 1 aliphatic rings. The lowest BCUT2D eigenvalue weighted by atomic mass is 9.80. The van der Waals surface area contributed by atoms with Gasteiger partial charge in [-0.3, -0.25) is 0 Å². The van der Waals surface area contributed by atoms with Gasteiger partial charge in [-0.25, -0.2) is 19.8 Å². The van der Waals surface area contributed by atoms with E-state index in [-0.39, 0.29) is 5.41 Å². The van der Waals surface area contributed by atoms with Gasteiger partial charge in [-0.05, 0) is 63.7 Å². The highest BCUT2D eigenvalue weighted by molar-refractivity contribution is 6.14. The average Bonchev–Trinajstić information content (AvgIpc) is 3.69. The zero-order valence-corrected chi connectivity index (χ0v) is 29.8. The maximum absolute atomic E-state index is 8.06. The van der Waals surface area contributed by atoms with Crippen molar-refractivity contribution in [3.8, 4) is 62.1 Å². The fourth-order valence-corrected chi connectivity index (χ4v) is 8.39. The summed E-state index contributed by atoms with van der Waals surface area (Å²) in [5.74, 6) is 1.76. The molecular weight excluding hydrogens is 659 g/mol. The summed E-state index contributed by atoms with van der Waals surface area (Å²) in [6, 6.07) is 56.5. The molecule has 0 spiro atoms. The maximum Gasteiger partial charge on any atom is 0.194 e. The van der Waals surface area contributed by atoms with E-state index in [1.54, 1.807) is 0 Å². The first-order valence-electron chi connectivity index (χ1n) is 18.2. The van der Waals surface area contributed by atoms with Gasteiger partial charge in [-0.15, -0.1) is 0 Å². The highest BCUT2D eigenvalue weighted by Gasteiger charge is 2.38. The van der Waals surface area contributed by atoms with Gasteiger partial charge in [-0.2, -0.15) is 0 Å². The molecule has 0 saturated heterocycles. The lowest BCUT2D eigenvalue weighted by Gasteiger charge is -2.22. The molecular formula is C49H33N5. The second-order valence-corrected chi connectivity index (χ2v) is 14.3. The number of hydrogen-bond acceptors (Lipinski definition) is 3. The molecule has 0 unspecified atom stereocenters. The molecule has 0 fully saturated rings. The summed E-state index contributed by atoms with van der Waals surface area (Å²) in [6.45, 7) is 12.7. The van der Waals surface area contributed by atoms with Crippen LogP contribution in [0.5, 0.6) is 0 Å². The fourth-order valence-electron chi connectivity index (χ4n) is 8.39. The predicted octanol–water partition coefficient (Wildman–Crippen LogP) is 12.5. The van der Waals surface area contributed by atoms with Crippen molar-refractivity contribution in [1.82, 2.24) is 19.5 Å². The third-order valence-corrected chi connectivity index (χ3v) is 10.8. The van der Waals surface area contributed by atoms with Crippen LogP contribution in [0.25, 0.3) is 88.8 Å². The van der Waals surface area contributed by atoms with Gasteiger partial charge < -0.3 is 4.57 Å². The van der Waals surface area contributed by atoms with E-state index in [2.05, 4.69) is 102 Å². The first-order valence-corrected chi connectivity index (χ1v) is 18.2. The van der Waals surface area contributed by atoms with Gasteiger partial charge >= 0.3 is 0 Å². The van der Waals surface area contributed by atoms with Crippen molar-refractivity contribution in [2.45, 2.75) is 19.3 Å². The van der Waals surface area contributed by atoms with Gasteiger partial charge in [-0.1, -0.05) is 147 Å². The summed E-state index contributed by atoms with van der Waals surface area (Å²) in [5, 5.41) is 2.47. The van der Waals surface area contributed by atoms with Crippen molar-refractivity contribution in [3.63, 3.8) is 0 Å². The minimum atomic E-state index is -0.186. The van der Waals surface area contributed by atoms with Crippen molar-refractivity contribution in [1.29, 1.82) is 0 Å². The van der Waals surface area contributed by atoms with Gasteiger partial charge in [0.2, 0.25) is 0 Å². The molecule has 0 radical (unpaired) electrons. The zero-order valence-electron chi connectivity index (χ0n) is 29.8. The highest BCUT2D eigenvalue weighted by Crippen LogP contribution is 2.53. The molecule has 0 amide bonds. The summed E-state index contributed by atoms with van der Waals surface area (Å²) in [5.41, 5.74) is 13.3. The van der Waals surface area contributed by atoms with E-state index in [4.69, 9.17) is 21.5 Å². The van der Waals surface area contributed by atoms with Crippen LogP contribution in [0.3, 0.4) is 0 Å². The second kappa shape index (κ2) is 12.2. The van der Waals surface area contributed by atoms with E-state index in [1.807, 2.05) is 84.9 Å². The summed E-state index contributed by atoms with van der Waals surface area (Å²) < 4.78 is 2.37. The Labute approximate surface area is 313 Å². The smallest absolute Gasteiger partial charge is 0.194 e. The molecule has 0 saturated carbocycles. The molecule has 0 aliphatic heterocycles. The van der Waals surface area contributed by atoms with E-state index >= 15 is 0 Å². The molecule has 5 heteroatoms. The highest BCUT2D eigenvalue weighted by atomic mass is 15.0. The number of para-hydroxylation sites is 2. The number of fused-ring (bicyclic) bond motifs is 7. The van der Waals surface area contributed by atoms with Gasteiger partial charge in [0.1, 0.15) is 0 Å². The Morgan fingerprint density at radius 1 is 0.500 bits per heavy atom. The van der Waals surface area contributed by atoms with Gasteiger partial charge in [0, 0.05) is 38.6 Å². The molecule has 54 heavy (non-hydrogen) atoms. The number of aromatic nitrogens is 4. The van der Waals surface area contributed by atoms with Crippen molar-refractivity contribution in [3.05, 3.63) is 186 Å². The van der Waals surface area contributed by atoms with Crippen LogP contribution in [-0.4, -0.2) is 19.5 Å². The normalized spacial score (nSPS) is 12.8. The van der Waals surface area contributed by atoms with Crippen LogP contribution in [0.15, 0.2) is 164 Å². The third kappa shape index (κ3) is 4.88. The van der Waals surface area contributed by atoms with Crippen molar-refractivity contribution < 1.29 is 0 Å². The van der Waals surface area contributed by atoms with E-state index in [0.717, 1.165) is 44.5 Å². The molecule has 0 atom stereocenters. The zero-order chi connectivity index (χ0) is 36.4. The largest absolute Gasteiger partial charge is 0.309 e. The lowest BCUT2D eigenvalue weighted by molar-refractivity contribution is 0.666. The third-order valence-electron chi connectivity index (χ3n) is 10.8.